The summed E-state index contributed by atoms with van der Waals surface area (Å²) in [4.78, 5) is 4.64. The third-order valence-corrected chi connectivity index (χ3v) is 3.90. The summed E-state index contributed by atoms with van der Waals surface area (Å²) >= 11 is 1.08. The van der Waals surface area contributed by atoms with Crippen LogP contribution in [0.5, 0.6) is 0 Å². The topological polar surface area (TPSA) is 46.3 Å². The molecule has 1 heterocycles. The van der Waals surface area contributed by atoms with Crippen molar-refractivity contribution in [1.82, 2.24) is 4.98 Å². The van der Waals surface area contributed by atoms with Crippen molar-refractivity contribution in [2.24, 2.45) is 0 Å². The van der Waals surface area contributed by atoms with Gasteiger partial charge in [-0.25, -0.2) is 9.37 Å². The zero-order chi connectivity index (χ0) is 14.1. The van der Waals surface area contributed by atoms with E-state index in [1.807, 2.05) is 24.3 Å². The van der Waals surface area contributed by atoms with Gasteiger partial charge in [-0.2, -0.15) is 0 Å². The number of rotatable bonds is 3. The minimum Gasteiger partial charge on any atom is -0.431 e. The summed E-state index contributed by atoms with van der Waals surface area (Å²) < 4.78 is 19.5. The number of halogens is 1. The molecule has 0 bridgehead atoms. The van der Waals surface area contributed by atoms with Gasteiger partial charge in [0.15, 0.2) is 5.58 Å². The first-order chi connectivity index (χ1) is 9.65. The summed E-state index contributed by atoms with van der Waals surface area (Å²) in [5, 5.41) is 10.1. The number of hydrogen-bond acceptors (Lipinski definition) is 4. The van der Waals surface area contributed by atoms with Gasteiger partial charge in [-0.1, -0.05) is 24.3 Å². The molecule has 0 fully saturated rings. The fraction of sp³-hybridized carbons (Fsp3) is 0.133. The lowest BCUT2D eigenvalue weighted by molar-refractivity contribution is 0.195. The van der Waals surface area contributed by atoms with Gasteiger partial charge in [-0.15, -0.1) is 0 Å². The van der Waals surface area contributed by atoms with Crippen LogP contribution in [0, 0.1) is 5.82 Å². The lowest BCUT2D eigenvalue weighted by Gasteiger charge is -2.10. The van der Waals surface area contributed by atoms with Gasteiger partial charge in [0.25, 0.3) is 5.22 Å². The normalized spacial score (nSPS) is 12.8. The fourth-order valence-corrected chi connectivity index (χ4v) is 2.92. The molecule has 0 aliphatic rings. The molecular weight excluding hydrogens is 277 g/mol. The van der Waals surface area contributed by atoms with Crippen LogP contribution in [-0.2, 0) is 0 Å². The Bertz CT molecular complexity index is 721. The second-order valence-corrected chi connectivity index (χ2v) is 5.35. The predicted octanol–water partition coefficient (Wildman–Crippen LogP) is 4.17. The predicted molar refractivity (Wildman–Crippen MR) is 75.2 cm³/mol. The minimum atomic E-state index is -0.752. The average Bonchev–Trinajstić information content (AvgIpc) is 2.83. The van der Waals surface area contributed by atoms with Crippen molar-refractivity contribution in [2.75, 3.05) is 0 Å². The van der Waals surface area contributed by atoms with Gasteiger partial charge in [0, 0.05) is 0 Å². The van der Waals surface area contributed by atoms with E-state index in [1.54, 1.807) is 19.1 Å². The SMILES string of the molecule is C[C@@H](O)c1cccc(F)c1Sc1nc2ccccc2o1. The number of aliphatic hydroxyl groups is 1. The van der Waals surface area contributed by atoms with Crippen molar-refractivity contribution in [1.29, 1.82) is 0 Å². The van der Waals surface area contributed by atoms with Crippen LogP contribution in [0.4, 0.5) is 4.39 Å². The molecule has 0 spiro atoms. The van der Waals surface area contributed by atoms with Crippen LogP contribution in [0.2, 0.25) is 0 Å². The molecule has 3 aromatic rings. The molecule has 0 saturated carbocycles. The maximum atomic E-state index is 14.0. The van der Waals surface area contributed by atoms with E-state index in [1.165, 1.54) is 6.07 Å². The number of hydrogen-bond donors (Lipinski definition) is 1. The van der Waals surface area contributed by atoms with E-state index < -0.39 is 11.9 Å². The minimum absolute atomic E-state index is 0.342. The van der Waals surface area contributed by atoms with E-state index >= 15 is 0 Å². The van der Waals surface area contributed by atoms with Crippen LogP contribution in [0.1, 0.15) is 18.6 Å². The number of aliphatic hydroxyl groups excluding tert-OH is 1. The van der Waals surface area contributed by atoms with E-state index in [9.17, 15) is 9.50 Å². The Balaban J connectivity index is 2.02. The number of oxazole rings is 1. The highest BCUT2D eigenvalue weighted by molar-refractivity contribution is 7.99. The van der Waals surface area contributed by atoms with E-state index in [4.69, 9.17) is 4.42 Å². The zero-order valence-corrected chi connectivity index (χ0v) is 11.5. The Morgan fingerprint density at radius 1 is 1.20 bits per heavy atom. The molecule has 5 heteroatoms. The summed E-state index contributed by atoms with van der Waals surface area (Å²) in [6.45, 7) is 1.60. The van der Waals surface area contributed by atoms with Crippen molar-refractivity contribution in [2.45, 2.75) is 23.1 Å². The van der Waals surface area contributed by atoms with Crippen molar-refractivity contribution >= 4 is 22.9 Å². The van der Waals surface area contributed by atoms with Gasteiger partial charge >= 0.3 is 0 Å². The third kappa shape index (κ3) is 2.42. The van der Waals surface area contributed by atoms with Gasteiger partial charge in [0.1, 0.15) is 11.3 Å². The number of fused-ring (bicyclic) bond motifs is 1. The van der Waals surface area contributed by atoms with Gasteiger partial charge in [0.05, 0.1) is 11.0 Å². The van der Waals surface area contributed by atoms with Crippen molar-refractivity contribution in [3.05, 3.63) is 53.8 Å². The Labute approximate surface area is 119 Å². The van der Waals surface area contributed by atoms with Crippen molar-refractivity contribution < 1.29 is 13.9 Å². The molecule has 3 nitrogen and oxygen atoms in total. The first kappa shape index (κ1) is 13.1. The zero-order valence-electron chi connectivity index (χ0n) is 10.7. The van der Waals surface area contributed by atoms with Crippen LogP contribution in [0.3, 0.4) is 0 Å². The van der Waals surface area contributed by atoms with Crippen molar-refractivity contribution in [3.8, 4) is 0 Å². The summed E-state index contributed by atoms with van der Waals surface area (Å²) in [6.07, 6.45) is -0.752. The van der Waals surface area contributed by atoms with E-state index in [0.29, 0.717) is 21.3 Å². The van der Waals surface area contributed by atoms with Crippen LogP contribution in [-0.4, -0.2) is 10.1 Å². The van der Waals surface area contributed by atoms with Gasteiger partial charge < -0.3 is 9.52 Å². The van der Waals surface area contributed by atoms with Crippen molar-refractivity contribution in [3.63, 3.8) is 0 Å². The molecule has 0 saturated heterocycles. The summed E-state index contributed by atoms with van der Waals surface area (Å²) in [5.41, 5.74) is 1.91. The molecule has 1 N–H and O–H groups in total. The highest BCUT2D eigenvalue weighted by Crippen LogP contribution is 2.36. The van der Waals surface area contributed by atoms with E-state index in [2.05, 4.69) is 4.98 Å². The molecule has 20 heavy (non-hydrogen) atoms. The second-order valence-electron chi connectivity index (χ2n) is 4.38. The number of para-hydroxylation sites is 2. The molecule has 1 atom stereocenters. The maximum Gasteiger partial charge on any atom is 0.261 e. The van der Waals surface area contributed by atoms with Crippen LogP contribution < -0.4 is 0 Å². The average molecular weight is 289 g/mol. The Hall–Kier alpha value is -1.85. The number of benzene rings is 2. The first-order valence-electron chi connectivity index (χ1n) is 6.15. The molecule has 3 rings (SSSR count). The molecule has 0 aliphatic heterocycles. The molecule has 2 aromatic carbocycles. The quantitative estimate of drug-likeness (QED) is 0.786. The largest absolute Gasteiger partial charge is 0.431 e. The van der Waals surface area contributed by atoms with E-state index in [0.717, 1.165) is 17.3 Å². The first-order valence-corrected chi connectivity index (χ1v) is 6.96. The third-order valence-electron chi connectivity index (χ3n) is 2.91. The molecule has 102 valence electrons. The van der Waals surface area contributed by atoms with Gasteiger partial charge in [0.2, 0.25) is 0 Å². The van der Waals surface area contributed by atoms with Gasteiger partial charge in [-0.3, -0.25) is 0 Å². The Morgan fingerprint density at radius 2 is 2.00 bits per heavy atom. The van der Waals surface area contributed by atoms with Crippen LogP contribution in [0.25, 0.3) is 11.1 Å². The number of aromatic nitrogens is 1. The summed E-state index contributed by atoms with van der Waals surface area (Å²) in [6, 6.07) is 12.0. The molecular formula is C15H12FNO2S. The van der Waals surface area contributed by atoms with E-state index in [-0.39, 0.29) is 0 Å². The smallest absolute Gasteiger partial charge is 0.261 e. The second kappa shape index (κ2) is 5.26. The van der Waals surface area contributed by atoms with Crippen LogP contribution >= 0.6 is 11.8 Å². The lowest BCUT2D eigenvalue weighted by Crippen LogP contribution is -1.96. The maximum absolute atomic E-state index is 14.0. The molecule has 0 aliphatic carbocycles. The molecule has 0 radical (unpaired) electrons. The monoisotopic (exact) mass is 289 g/mol. The summed E-state index contributed by atoms with van der Waals surface area (Å²) in [7, 11) is 0. The standard InChI is InChI=1S/C15H12FNO2S/c1-9(18)10-5-4-6-11(16)14(10)20-15-17-12-7-2-3-8-13(12)19-15/h2-9,18H,1H3/t9-/m1/s1. The van der Waals surface area contributed by atoms with Gasteiger partial charge in [-0.05, 0) is 42.4 Å². The molecule has 0 amide bonds. The molecule has 0 unspecified atom stereocenters. The summed E-state index contributed by atoms with van der Waals surface area (Å²) in [5.74, 6) is -0.393. The Kier molecular flexibility index (Phi) is 3.46. The fourth-order valence-electron chi connectivity index (χ4n) is 1.94. The highest BCUT2D eigenvalue weighted by Gasteiger charge is 2.16. The number of nitrogens with zero attached hydrogens (tertiary/aromatic N) is 1. The lowest BCUT2D eigenvalue weighted by atomic mass is 10.1. The molecule has 1 aromatic heterocycles. The van der Waals surface area contributed by atoms with Crippen LogP contribution in [0.15, 0.2) is 57.0 Å². The Morgan fingerprint density at radius 3 is 2.75 bits per heavy atom. The highest BCUT2D eigenvalue weighted by atomic mass is 32.2.